The van der Waals surface area contributed by atoms with Gasteiger partial charge in [-0.05, 0) is 30.0 Å². The molecule has 100 valence electrons. The third-order valence-electron chi connectivity index (χ3n) is 2.93. The summed E-state index contributed by atoms with van der Waals surface area (Å²) in [4.78, 5) is 12.1. The van der Waals surface area contributed by atoms with Gasteiger partial charge in [-0.25, -0.2) is 4.39 Å². The summed E-state index contributed by atoms with van der Waals surface area (Å²) in [5.74, 6) is -0.178. The number of nitrogen functional groups attached to an aromatic ring is 1. The third kappa shape index (κ3) is 3.72. The zero-order valence-corrected chi connectivity index (χ0v) is 11.3. The van der Waals surface area contributed by atoms with Crippen LogP contribution < -0.4 is 11.1 Å². The smallest absolute Gasteiger partial charge is 0.228 e. The molecule has 0 bridgehead atoms. The number of nitrogens with one attached hydrogen (secondary N) is 1. The van der Waals surface area contributed by atoms with Crippen LogP contribution in [0.4, 0.5) is 15.8 Å². The van der Waals surface area contributed by atoms with Crippen molar-refractivity contribution in [3.8, 4) is 0 Å². The predicted octanol–water partition coefficient (Wildman–Crippen LogP) is 3.27. The molecule has 4 heteroatoms. The normalized spacial score (nSPS) is 11.3. The van der Waals surface area contributed by atoms with E-state index in [4.69, 9.17) is 5.73 Å². The Morgan fingerprint density at radius 2 is 1.72 bits per heavy atom. The number of benzene rings is 1. The highest BCUT2D eigenvalue weighted by Crippen LogP contribution is 2.23. The van der Waals surface area contributed by atoms with Crippen molar-refractivity contribution in [1.82, 2.24) is 0 Å². The van der Waals surface area contributed by atoms with E-state index in [1.165, 1.54) is 12.1 Å². The number of rotatable bonds is 4. The van der Waals surface area contributed by atoms with E-state index in [0.717, 1.165) is 0 Å². The molecule has 0 heterocycles. The van der Waals surface area contributed by atoms with Gasteiger partial charge < -0.3 is 11.1 Å². The number of halogens is 1. The van der Waals surface area contributed by atoms with Crippen LogP contribution in [0.25, 0.3) is 0 Å². The Balaban J connectivity index is 2.86. The summed E-state index contributed by atoms with van der Waals surface area (Å²) in [6.07, 6.45) is 0. The number of hydrogen-bond donors (Lipinski definition) is 2. The van der Waals surface area contributed by atoms with E-state index in [2.05, 4.69) is 5.32 Å². The molecule has 0 radical (unpaired) electrons. The van der Waals surface area contributed by atoms with Gasteiger partial charge in [0.1, 0.15) is 5.82 Å². The first-order valence-electron chi connectivity index (χ1n) is 6.18. The molecule has 0 aliphatic rings. The van der Waals surface area contributed by atoms with Crippen molar-refractivity contribution in [2.75, 3.05) is 11.1 Å². The van der Waals surface area contributed by atoms with Crippen molar-refractivity contribution in [2.24, 2.45) is 17.8 Å². The SMILES string of the molecule is CC(C)C(C(=O)Nc1cc(N)cc(F)c1)C(C)C. The fourth-order valence-electron chi connectivity index (χ4n) is 2.29. The van der Waals surface area contributed by atoms with Gasteiger partial charge in [-0.15, -0.1) is 0 Å². The summed E-state index contributed by atoms with van der Waals surface area (Å²) in [6.45, 7) is 8.02. The molecule has 1 aromatic rings. The fraction of sp³-hybridized carbons (Fsp3) is 0.500. The lowest BCUT2D eigenvalue weighted by Gasteiger charge is -2.23. The first-order chi connectivity index (χ1) is 8.31. The maximum absolute atomic E-state index is 13.2. The lowest BCUT2D eigenvalue weighted by Crippen LogP contribution is -2.31. The standard InChI is InChI=1S/C14H21FN2O/c1-8(2)13(9(3)4)14(18)17-12-6-10(15)5-11(16)7-12/h5-9,13H,16H2,1-4H3,(H,17,18). The topological polar surface area (TPSA) is 55.1 Å². The van der Waals surface area contributed by atoms with Crippen LogP contribution in [-0.2, 0) is 4.79 Å². The lowest BCUT2D eigenvalue weighted by atomic mass is 9.85. The molecule has 1 rings (SSSR count). The fourth-order valence-corrected chi connectivity index (χ4v) is 2.29. The van der Waals surface area contributed by atoms with E-state index < -0.39 is 5.82 Å². The van der Waals surface area contributed by atoms with Crippen LogP contribution in [0.3, 0.4) is 0 Å². The zero-order valence-electron chi connectivity index (χ0n) is 11.3. The van der Waals surface area contributed by atoms with Crippen LogP contribution in [-0.4, -0.2) is 5.91 Å². The van der Waals surface area contributed by atoms with Gasteiger partial charge in [0, 0.05) is 17.3 Å². The quantitative estimate of drug-likeness (QED) is 0.808. The van der Waals surface area contributed by atoms with Crippen LogP contribution in [0.5, 0.6) is 0 Å². The van der Waals surface area contributed by atoms with Crippen molar-refractivity contribution < 1.29 is 9.18 Å². The average molecular weight is 252 g/mol. The van der Waals surface area contributed by atoms with E-state index in [0.29, 0.717) is 11.4 Å². The Morgan fingerprint density at radius 3 is 2.17 bits per heavy atom. The summed E-state index contributed by atoms with van der Waals surface area (Å²) < 4.78 is 13.2. The molecule has 0 spiro atoms. The molecule has 0 aliphatic heterocycles. The van der Waals surface area contributed by atoms with Gasteiger partial charge in [-0.1, -0.05) is 27.7 Å². The largest absolute Gasteiger partial charge is 0.399 e. The maximum Gasteiger partial charge on any atom is 0.228 e. The Kier molecular flexibility index (Phi) is 4.70. The van der Waals surface area contributed by atoms with Crippen molar-refractivity contribution in [3.05, 3.63) is 24.0 Å². The number of hydrogen-bond acceptors (Lipinski definition) is 2. The minimum Gasteiger partial charge on any atom is -0.399 e. The monoisotopic (exact) mass is 252 g/mol. The molecule has 0 aliphatic carbocycles. The van der Waals surface area contributed by atoms with E-state index in [1.54, 1.807) is 6.07 Å². The molecule has 0 unspecified atom stereocenters. The molecule has 0 atom stereocenters. The molecule has 0 saturated carbocycles. The van der Waals surface area contributed by atoms with Crippen molar-refractivity contribution in [1.29, 1.82) is 0 Å². The molecule has 0 saturated heterocycles. The third-order valence-corrected chi connectivity index (χ3v) is 2.93. The summed E-state index contributed by atoms with van der Waals surface area (Å²) in [6, 6.07) is 4.04. The van der Waals surface area contributed by atoms with Gasteiger partial charge in [-0.3, -0.25) is 4.79 Å². The molecular formula is C14H21FN2O. The van der Waals surface area contributed by atoms with Gasteiger partial charge in [0.25, 0.3) is 0 Å². The van der Waals surface area contributed by atoms with E-state index >= 15 is 0 Å². The molecule has 3 nitrogen and oxygen atoms in total. The summed E-state index contributed by atoms with van der Waals surface area (Å²) in [7, 11) is 0. The van der Waals surface area contributed by atoms with Crippen LogP contribution in [0.2, 0.25) is 0 Å². The Bertz CT molecular complexity index is 402. The second-order valence-electron chi connectivity index (χ2n) is 5.28. The second-order valence-corrected chi connectivity index (χ2v) is 5.28. The molecule has 0 aromatic heterocycles. The van der Waals surface area contributed by atoms with Gasteiger partial charge >= 0.3 is 0 Å². The highest BCUT2D eigenvalue weighted by molar-refractivity contribution is 5.93. The summed E-state index contributed by atoms with van der Waals surface area (Å²) in [5, 5.41) is 2.73. The lowest BCUT2D eigenvalue weighted by molar-refractivity contribution is -0.122. The average Bonchev–Trinajstić information content (AvgIpc) is 2.13. The number of anilines is 2. The highest BCUT2D eigenvalue weighted by atomic mass is 19.1. The van der Waals surface area contributed by atoms with Crippen molar-refractivity contribution >= 4 is 17.3 Å². The number of amides is 1. The highest BCUT2D eigenvalue weighted by Gasteiger charge is 2.25. The van der Waals surface area contributed by atoms with Crippen molar-refractivity contribution in [2.45, 2.75) is 27.7 Å². The minimum absolute atomic E-state index is 0.0926. The number of nitrogens with two attached hydrogens (primary N) is 1. The maximum atomic E-state index is 13.2. The number of carbonyl (C=O) groups is 1. The number of carbonyl (C=O) groups excluding carboxylic acids is 1. The van der Waals surface area contributed by atoms with E-state index in [9.17, 15) is 9.18 Å². The first-order valence-corrected chi connectivity index (χ1v) is 6.18. The van der Waals surface area contributed by atoms with Crippen LogP contribution >= 0.6 is 0 Å². The van der Waals surface area contributed by atoms with E-state index in [-0.39, 0.29) is 23.7 Å². The van der Waals surface area contributed by atoms with Gasteiger partial charge in [-0.2, -0.15) is 0 Å². The van der Waals surface area contributed by atoms with Crippen LogP contribution in [0, 0.1) is 23.6 Å². The summed E-state index contributed by atoms with van der Waals surface area (Å²) >= 11 is 0. The molecule has 3 N–H and O–H groups in total. The first kappa shape index (κ1) is 14.5. The van der Waals surface area contributed by atoms with Crippen LogP contribution in [0.1, 0.15) is 27.7 Å². The molecule has 1 amide bonds. The van der Waals surface area contributed by atoms with Crippen LogP contribution in [0.15, 0.2) is 18.2 Å². The Labute approximate surface area is 108 Å². The molecule has 1 aromatic carbocycles. The zero-order chi connectivity index (χ0) is 13.9. The molecule has 18 heavy (non-hydrogen) atoms. The summed E-state index contributed by atoms with van der Waals surface area (Å²) in [5.41, 5.74) is 6.25. The predicted molar refractivity (Wildman–Crippen MR) is 72.6 cm³/mol. The van der Waals surface area contributed by atoms with Gasteiger partial charge in [0.2, 0.25) is 5.91 Å². The minimum atomic E-state index is -0.448. The van der Waals surface area contributed by atoms with E-state index in [1.807, 2.05) is 27.7 Å². The molecule has 0 fully saturated rings. The van der Waals surface area contributed by atoms with Gasteiger partial charge in [0.15, 0.2) is 0 Å². The van der Waals surface area contributed by atoms with Gasteiger partial charge in [0.05, 0.1) is 0 Å². The Hall–Kier alpha value is -1.58. The Morgan fingerprint density at radius 1 is 1.17 bits per heavy atom. The second kappa shape index (κ2) is 5.85. The molecular weight excluding hydrogens is 231 g/mol. The van der Waals surface area contributed by atoms with Crippen molar-refractivity contribution in [3.63, 3.8) is 0 Å².